The Hall–Kier alpha value is -2.25. The van der Waals surface area contributed by atoms with Gasteiger partial charge in [0.2, 0.25) is 0 Å². The van der Waals surface area contributed by atoms with Crippen molar-refractivity contribution in [3.05, 3.63) is 119 Å². The van der Waals surface area contributed by atoms with Crippen molar-refractivity contribution in [1.29, 1.82) is 0 Å². The first kappa shape index (κ1) is 15.8. The number of rotatable bonds is 2. The first-order valence-electron chi connectivity index (χ1n) is 9.63. The zero-order valence-electron chi connectivity index (χ0n) is 15.0. The molecular formula is C26H18Sc. The quantitative estimate of drug-likeness (QED) is 0.370. The number of hydrogen-bond acceptors (Lipinski definition) is 0. The van der Waals surface area contributed by atoms with Gasteiger partial charge in [-0.1, -0.05) is 0 Å². The molecule has 6 rings (SSSR count). The molecule has 0 aromatic heterocycles. The van der Waals surface area contributed by atoms with Gasteiger partial charge in [-0.05, 0) is 0 Å². The van der Waals surface area contributed by atoms with Crippen LogP contribution in [0, 0.1) is 0 Å². The summed E-state index contributed by atoms with van der Waals surface area (Å²) in [6.07, 6.45) is 0. The van der Waals surface area contributed by atoms with E-state index in [1.807, 2.05) is 0 Å². The van der Waals surface area contributed by atoms with E-state index < -0.39 is 22.9 Å². The van der Waals surface area contributed by atoms with Crippen molar-refractivity contribution in [1.82, 2.24) is 0 Å². The zero-order chi connectivity index (χ0) is 17.8. The average Bonchev–Trinajstić information content (AvgIpc) is 3.23. The van der Waals surface area contributed by atoms with Crippen molar-refractivity contribution < 1.29 is 22.9 Å². The van der Waals surface area contributed by atoms with Crippen LogP contribution in [0.1, 0.15) is 29.6 Å². The van der Waals surface area contributed by atoms with E-state index >= 15 is 0 Å². The van der Waals surface area contributed by atoms with Gasteiger partial charge in [-0.2, -0.15) is 0 Å². The molecule has 0 spiro atoms. The molecule has 2 aliphatic rings. The molecule has 0 fully saturated rings. The van der Waals surface area contributed by atoms with Gasteiger partial charge in [0.15, 0.2) is 0 Å². The topological polar surface area (TPSA) is 0 Å². The Morgan fingerprint density at radius 1 is 0.370 bits per heavy atom. The van der Waals surface area contributed by atoms with Crippen LogP contribution in [-0.4, -0.2) is 0 Å². The van der Waals surface area contributed by atoms with Gasteiger partial charge in [0, 0.05) is 0 Å². The molecule has 4 aromatic carbocycles. The normalized spacial score (nSPS) is 14.2. The molecular weight excluding hydrogens is 357 g/mol. The van der Waals surface area contributed by atoms with Crippen molar-refractivity contribution in [3.63, 3.8) is 0 Å². The molecule has 27 heavy (non-hydrogen) atoms. The van der Waals surface area contributed by atoms with Crippen LogP contribution >= 0.6 is 0 Å². The molecule has 4 aromatic rings. The fourth-order valence-corrected chi connectivity index (χ4v) is 8.71. The van der Waals surface area contributed by atoms with E-state index in [4.69, 9.17) is 0 Å². The van der Waals surface area contributed by atoms with Gasteiger partial charge in [-0.3, -0.25) is 0 Å². The van der Waals surface area contributed by atoms with Crippen molar-refractivity contribution in [2.45, 2.75) is 7.35 Å². The van der Waals surface area contributed by atoms with Gasteiger partial charge < -0.3 is 0 Å². The van der Waals surface area contributed by atoms with Gasteiger partial charge >= 0.3 is 172 Å². The Bertz CT molecular complexity index is 990. The molecule has 0 saturated carbocycles. The predicted octanol–water partition coefficient (Wildman–Crippen LogP) is 6.61. The molecule has 0 heterocycles. The van der Waals surface area contributed by atoms with Crippen LogP contribution in [0.15, 0.2) is 97.1 Å². The maximum atomic E-state index is 2.37. The minimum absolute atomic E-state index is 0.616. The fourth-order valence-electron chi connectivity index (χ4n) is 5.00. The van der Waals surface area contributed by atoms with Gasteiger partial charge in [0.25, 0.3) is 0 Å². The second kappa shape index (κ2) is 6.14. The van der Waals surface area contributed by atoms with Gasteiger partial charge in [-0.15, -0.1) is 0 Å². The molecule has 1 heteroatoms. The van der Waals surface area contributed by atoms with Gasteiger partial charge in [0.05, 0.1) is 0 Å². The molecule has 0 atom stereocenters. The first-order chi connectivity index (χ1) is 13.4. The summed E-state index contributed by atoms with van der Waals surface area (Å²) in [6, 6.07) is 36.3. The Morgan fingerprint density at radius 2 is 0.630 bits per heavy atom. The van der Waals surface area contributed by atoms with Crippen molar-refractivity contribution >= 4 is 0 Å². The third kappa shape index (κ3) is 2.31. The summed E-state index contributed by atoms with van der Waals surface area (Å²) in [5, 5.41) is 0. The summed E-state index contributed by atoms with van der Waals surface area (Å²) in [6.45, 7) is 0. The molecule has 0 radical (unpaired) electrons. The Kier molecular flexibility index (Phi) is 3.59. The number of fused-ring (bicyclic) bond motifs is 6. The molecule has 0 saturated heterocycles. The van der Waals surface area contributed by atoms with E-state index in [1.165, 1.54) is 22.3 Å². The summed E-state index contributed by atoms with van der Waals surface area (Å²) in [4.78, 5) is 0. The molecule has 0 unspecified atom stereocenters. The van der Waals surface area contributed by atoms with E-state index in [1.54, 1.807) is 22.3 Å². The minimum atomic E-state index is -0.670. The molecule has 2 aliphatic carbocycles. The molecule has 0 bridgehead atoms. The third-order valence-corrected chi connectivity index (χ3v) is 9.59. The Morgan fingerprint density at radius 3 is 0.926 bits per heavy atom. The molecule has 0 aliphatic heterocycles. The van der Waals surface area contributed by atoms with E-state index in [0.29, 0.717) is 7.35 Å². The zero-order valence-corrected chi connectivity index (χ0v) is 16.8. The molecule has 0 N–H and O–H groups in total. The molecule has 0 nitrogen and oxygen atoms in total. The van der Waals surface area contributed by atoms with E-state index in [2.05, 4.69) is 97.1 Å². The van der Waals surface area contributed by atoms with Crippen molar-refractivity contribution in [3.8, 4) is 22.3 Å². The summed E-state index contributed by atoms with van der Waals surface area (Å²) in [7, 11) is 0. The third-order valence-electron chi connectivity index (χ3n) is 6.15. The number of hydrogen-bond donors (Lipinski definition) is 0. The van der Waals surface area contributed by atoms with E-state index in [9.17, 15) is 0 Å². The van der Waals surface area contributed by atoms with Crippen molar-refractivity contribution in [2.24, 2.45) is 0 Å². The average molecular weight is 375 g/mol. The van der Waals surface area contributed by atoms with Crippen molar-refractivity contribution in [2.75, 3.05) is 0 Å². The summed E-state index contributed by atoms with van der Waals surface area (Å²) < 4.78 is 1.23. The summed E-state index contributed by atoms with van der Waals surface area (Å²) >= 11 is -0.670. The van der Waals surface area contributed by atoms with Crippen LogP contribution in [0.5, 0.6) is 0 Å². The van der Waals surface area contributed by atoms with Crippen LogP contribution in [0.3, 0.4) is 0 Å². The van der Waals surface area contributed by atoms with Gasteiger partial charge in [-0.25, -0.2) is 0 Å². The number of benzene rings is 4. The van der Waals surface area contributed by atoms with Crippen LogP contribution in [0.25, 0.3) is 22.3 Å². The van der Waals surface area contributed by atoms with Crippen LogP contribution in [0.4, 0.5) is 0 Å². The Labute approximate surface area is 171 Å². The monoisotopic (exact) mass is 375 g/mol. The summed E-state index contributed by atoms with van der Waals surface area (Å²) in [5.41, 5.74) is 12.0. The first-order valence-corrected chi connectivity index (χ1v) is 11.7. The van der Waals surface area contributed by atoms with Crippen LogP contribution in [-0.2, 0) is 22.9 Å². The SMILES string of the molecule is c1ccc2c(c1)-c1ccccc1[CH]2[Sc][CH]1c2ccccc2-c2ccccc21. The predicted molar refractivity (Wildman–Crippen MR) is 107 cm³/mol. The van der Waals surface area contributed by atoms with Gasteiger partial charge in [0.1, 0.15) is 0 Å². The molecule has 125 valence electrons. The van der Waals surface area contributed by atoms with E-state index in [0.717, 1.165) is 0 Å². The summed E-state index contributed by atoms with van der Waals surface area (Å²) in [5.74, 6) is 0. The standard InChI is InChI=1S/2C13H9.Sc/c2*1-3-7-12-10(5-1)9-11-6-2-4-8-13(11)12;/h2*1-9H;. The second-order valence-corrected chi connectivity index (χ2v) is 10.2. The fraction of sp³-hybridized carbons (Fsp3) is 0.0769. The van der Waals surface area contributed by atoms with Crippen LogP contribution in [0.2, 0.25) is 0 Å². The van der Waals surface area contributed by atoms with Crippen LogP contribution < -0.4 is 0 Å². The van der Waals surface area contributed by atoms with E-state index in [-0.39, 0.29) is 0 Å². The maximum absolute atomic E-state index is 2.37. The second-order valence-electron chi connectivity index (χ2n) is 7.50. The molecule has 0 amide bonds. The Balaban J connectivity index is 1.51.